The molecule has 0 amide bonds. The average Bonchev–Trinajstić information content (AvgIpc) is 3.07. The second-order valence-electron chi connectivity index (χ2n) is 5.27. The summed E-state index contributed by atoms with van der Waals surface area (Å²) in [6, 6.07) is 5.79. The highest BCUT2D eigenvalue weighted by atomic mass is 79.9. The van der Waals surface area contributed by atoms with Crippen LogP contribution in [0.15, 0.2) is 41.3 Å². The summed E-state index contributed by atoms with van der Waals surface area (Å²) in [6.45, 7) is 0. The number of hydrogen-bond acceptors (Lipinski definition) is 4. The van der Waals surface area contributed by atoms with E-state index in [1.165, 1.54) is 12.8 Å². The van der Waals surface area contributed by atoms with Crippen LogP contribution in [-0.4, -0.2) is 31.7 Å². The van der Waals surface area contributed by atoms with Gasteiger partial charge in [-0.2, -0.15) is 0 Å². The molecule has 1 saturated carbocycles. The fourth-order valence-electron chi connectivity index (χ4n) is 2.44. The van der Waals surface area contributed by atoms with Gasteiger partial charge in [0, 0.05) is 18.3 Å². The second-order valence-corrected chi connectivity index (χ2v) is 6.12. The summed E-state index contributed by atoms with van der Waals surface area (Å²) in [6.07, 6.45) is 8.07. The van der Waals surface area contributed by atoms with Crippen molar-refractivity contribution in [3.05, 3.63) is 47.1 Å². The van der Waals surface area contributed by atoms with E-state index in [2.05, 4.69) is 31.2 Å². The molecule has 1 aliphatic carbocycles. The van der Waals surface area contributed by atoms with Crippen LogP contribution in [-0.2, 0) is 0 Å². The molecule has 22 heavy (non-hydrogen) atoms. The topological polar surface area (TPSA) is 57.8 Å². The van der Waals surface area contributed by atoms with Crippen molar-refractivity contribution in [2.45, 2.75) is 18.8 Å². The number of ether oxygens (including phenoxy) is 1. The third kappa shape index (κ3) is 2.31. The molecule has 6 nitrogen and oxygen atoms in total. The molecule has 0 bridgehead atoms. The zero-order valence-corrected chi connectivity index (χ0v) is 13.6. The van der Waals surface area contributed by atoms with Gasteiger partial charge in [0.1, 0.15) is 11.6 Å². The number of imidazole rings is 1. The van der Waals surface area contributed by atoms with E-state index in [4.69, 9.17) is 4.74 Å². The maximum absolute atomic E-state index is 5.24. The van der Waals surface area contributed by atoms with Gasteiger partial charge in [0.2, 0.25) is 0 Å². The van der Waals surface area contributed by atoms with Crippen LogP contribution in [0.5, 0.6) is 5.75 Å². The Kier molecular flexibility index (Phi) is 3.22. The minimum atomic E-state index is 0.565. The minimum absolute atomic E-state index is 0.565. The highest BCUT2D eigenvalue weighted by molar-refractivity contribution is 9.10. The largest absolute Gasteiger partial charge is 0.496 e. The molecule has 0 radical (unpaired) electrons. The first-order valence-corrected chi connectivity index (χ1v) is 7.85. The lowest BCUT2D eigenvalue weighted by Crippen LogP contribution is -1.99. The highest BCUT2D eigenvalue weighted by Gasteiger charge is 2.28. The first-order valence-electron chi connectivity index (χ1n) is 7.06. The Labute approximate surface area is 135 Å². The van der Waals surface area contributed by atoms with E-state index in [0.29, 0.717) is 5.92 Å². The molecule has 1 fully saturated rings. The quantitative estimate of drug-likeness (QED) is 0.718. The molecule has 0 unspecified atom stereocenters. The Morgan fingerprint density at radius 2 is 2.18 bits per heavy atom. The molecule has 2 aromatic heterocycles. The van der Waals surface area contributed by atoms with Gasteiger partial charge in [-0.05, 0) is 47.0 Å². The Hall–Kier alpha value is -2.15. The molecule has 7 heteroatoms. The molecule has 112 valence electrons. The van der Waals surface area contributed by atoms with Gasteiger partial charge in [-0.1, -0.05) is 5.21 Å². The monoisotopic (exact) mass is 359 g/mol. The van der Waals surface area contributed by atoms with Crippen molar-refractivity contribution >= 4 is 15.9 Å². The maximum Gasteiger partial charge on any atom is 0.181 e. The van der Waals surface area contributed by atoms with Crippen molar-refractivity contribution in [1.82, 2.24) is 24.5 Å². The van der Waals surface area contributed by atoms with Gasteiger partial charge >= 0.3 is 0 Å². The van der Waals surface area contributed by atoms with Gasteiger partial charge in [0.15, 0.2) is 5.82 Å². The summed E-state index contributed by atoms with van der Waals surface area (Å²) in [4.78, 5) is 4.44. The maximum atomic E-state index is 5.24. The van der Waals surface area contributed by atoms with Crippen LogP contribution in [0, 0.1) is 0 Å². The van der Waals surface area contributed by atoms with Crippen molar-refractivity contribution in [2.75, 3.05) is 7.11 Å². The average molecular weight is 360 g/mol. The van der Waals surface area contributed by atoms with Gasteiger partial charge in [-0.25, -0.2) is 9.67 Å². The molecule has 0 N–H and O–H groups in total. The van der Waals surface area contributed by atoms with E-state index in [9.17, 15) is 0 Å². The number of methoxy groups -OCH3 is 1. The minimum Gasteiger partial charge on any atom is -0.496 e. The van der Waals surface area contributed by atoms with Crippen LogP contribution in [0.3, 0.4) is 0 Å². The summed E-state index contributed by atoms with van der Waals surface area (Å²) >= 11 is 3.49. The van der Waals surface area contributed by atoms with Crippen molar-refractivity contribution in [3.8, 4) is 17.3 Å². The lowest BCUT2D eigenvalue weighted by Gasteiger charge is -2.05. The molecule has 3 aromatic rings. The van der Waals surface area contributed by atoms with E-state index < -0.39 is 0 Å². The molecule has 0 aliphatic heterocycles. The molecule has 2 heterocycles. The summed E-state index contributed by atoms with van der Waals surface area (Å²) in [7, 11) is 1.64. The van der Waals surface area contributed by atoms with Gasteiger partial charge in [-0.3, -0.25) is 4.57 Å². The molecular formula is C15H14BrN5O. The Bertz CT molecular complexity index is 821. The van der Waals surface area contributed by atoms with E-state index in [1.807, 2.05) is 41.4 Å². The summed E-state index contributed by atoms with van der Waals surface area (Å²) in [5.74, 6) is 3.21. The molecule has 0 spiro atoms. The van der Waals surface area contributed by atoms with Crippen LogP contribution < -0.4 is 4.74 Å². The molecular weight excluding hydrogens is 346 g/mol. The number of hydrogen-bond donors (Lipinski definition) is 0. The molecule has 1 aromatic carbocycles. The molecule has 0 saturated heterocycles. The number of aromatic nitrogens is 5. The van der Waals surface area contributed by atoms with Crippen LogP contribution >= 0.6 is 15.9 Å². The molecule has 4 rings (SSSR count). The van der Waals surface area contributed by atoms with E-state index in [0.717, 1.165) is 27.6 Å². The Morgan fingerprint density at radius 3 is 2.91 bits per heavy atom. The normalized spacial score (nSPS) is 14.3. The van der Waals surface area contributed by atoms with Gasteiger partial charge in [0.25, 0.3) is 0 Å². The Balaban J connectivity index is 1.69. The van der Waals surface area contributed by atoms with Gasteiger partial charge in [-0.15, -0.1) is 5.10 Å². The second kappa shape index (κ2) is 5.24. The lowest BCUT2D eigenvalue weighted by atomic mass is 10.3. The van der Waals surface area contributed by atoms with Crippen LogP contribution in [0.4, 0.5) is 0 Å². The van der Waals surface area contributed by atoms with Crippen molar-refractivity contribution < 1.29 is 4.74 Å². The van der Waals surface area contributed by atoms with Crippen LogP contribution in [0.25, 0.3) is 11.5 Å². The fraction of sp³-hybridized carbons (Fsp3) is 0.267. The third-order valence-corrected chi connectivity index (χ3v) is 4.36. The summed E-state index contributed by atoms with van der Waals surface area (Å²) < 4.78 is 9.88. The SMILES string of the molecule is COc1ccc(-n2cc(-n3ccnc3C3CC3)nn2)cc1Br. The smallest absolute Gasteiger partial charge is 0.181 e. The van der Waals surface area contributed by atoms with E-state index in [-0.39, 0.29) is 0 Å². The van der Waals surface area contributed by atoms with Crippen LogP contribution in [0.2, 0.25) is 0 Å². The van der Waals surface area contributed by atoms with E-state index >= 15 is 0 Å². The predicted molar refractivity (Wildman–Crippen MR) is 84.7 cm³/mol. The van der Waals surface area contributed by atoms with Gasteiger partial charge in [0.05, 0.1) is 23.5 Å². The summed E-state index contributed by atoms with van der Waals surface area (Å²) in [5, 5.41) is 8.48. The standard InChI is InChI=1S/C15H14BrN5O/c1-22-13-5-4-11(8-12(13)16)21-9-14(18-19-21)20-7-6-17-15(20)10-2-3-10/h4-10H,2-3H2,1H3. The molecule has 0 atom stereocenters. The van der Waals surface area contributed by atoms with Crippen LogP contribution in [0.1, 0.15) is 24.6 Å². The van der Waals surface area contributed by atoms with Crippen molar-refractivity contribution in [3.63, 3.8) is 0 Å². The predicted octanol–water partition coefficient (Wildman–Crippen LogP) is 3.10. The fourth-order valence-corrected chi connectivity index (χ4v) is 2.97. The number of nitrogens with zero attached hydrogens (tertiary/aromatic N) is 5. The first kappa shape index (κ1) is 13.5. The number of rotatable bonds is 4. The number of benzene rings is 1. The zero-order valence-electron chi connectivity index (χ0n) is 12.0. The third-order valence-electron chi connectivity index (χ3n) is 3.74. The first-order chi connectivity index (χ1) is 10.8. The zero-order chi connectivity index (χ0) is 15.1. The summed E-state index contributed by atoms with van der Waals surface area (Å²) in [5.41, 5.74) is 0.916. The lowest BCUT2D eigenvalue weighted by molar-refractivity contribution is 0.412. The molecule has 1 aliphatic rings. The van der Waals surface area contributed by atoms with Crippen molar-refractivity contribution in [1.29, 1.82) is 0 Å². The van der Waals surface area contributed by atoms with Crippen molar-refractivity contribution in [2.24, 2.45) is 0 Å². The Morgan fingerprint density at radius 1 is 1.32 bits per heavy atom. The highest BCUT2D eigenvalue weighted by Crippen LogP contribution is 2.39. The number of halogens is 1. The van der Waals surface area contributed by atoms with E-state index in [1.54, 1.807) is 11.8 Å². The van der Waals surface area contributed by atoms with Gasteiger partial charge < -0.3 is 4.74 Å².